The normalized spacial score (nSPS) is 14.6. The zero-order chi connectivity index (χ0) is 23.1. The quantitative estimate of drug-likeness (QED) is 0.385. The Kier molecular flexibility index (Phi) is 7.57. The number of nitriles is 1. The van der Waals surface area contributed by atoms with Crippen LogP contribution in [0.2, 0.25) is 0 Å². The van der Waals surface area contributed by atoms with Crippen LogP contribution in [-0.4, -0.2) is 61.9 Å². The van der Waals surface area contributed by atoms with Gasteiger partial charge in [-0.3, -0.25) is 19.7 Å². The first kappa shape index (κ1) is 23.4. The molecule has 0 spiro atoms. The molecule has 0 aliphatic carbocycles. The van der Waals surface area contributed by atoms with Gasteiger partial charge in [0.25, 0.3) is 16.1 Å². The molecule has 0 radical (unpaired) electrons. The third-order valence-electron chi connectivity index (χ3n) is 4.98. The smallest absolute Gasteiger partial charge is 0.300 e. The molecule has 3 N–H and O–H groups in total. The van der Waals surface area contributed by atoms with E-state index in [-0.39, 0.29) is 11.5 Å². The minimum absolute atomic E-state index is 0.213. The van der Waals surface area contributed by atoms with E-state index in [9.17, 15) is 13.2 Å². The third-order valence-corrected chi connectivity index (χ3v) is 6.12. The van der Waals surface area contributed by atoms with Gasteiger partial charge in [0.05, 0.1) is 11.4 Å². The molecule has 0 saturated carbocycles. The van der Waals surface area contributed by atoms with Crippen LogP contribution >= 0.6 is 0 Å². The van der Waals surface area contributed by atoms with Gasteiger partial charge in [0.1, 0.15) is 11.5 Å². The Morgan fingerprint density at radius 2 is 1.97 bits per heavy atom. The molecule has 3 rings (SSSR count). The number of anilines is 2. The van der Waals surface area contributed by atoms with Crippen LogP contribution in [0.25, 0.3) is 0 Å². The Labute approximate surface area is 187 Å². The lowest BCUT2D eigenvalue weighted by Crippen LogP contribution is -2.46. The second kappa shape index (κ2) is 10.4. The maximum atomic E-state index is 11.9. The van der Waals surface area contributed by atoms with Crippen LogP contribution in [0.1, 0.15) is 28.7 Å². The number of aryl methyl sites for hydroxylation is 1. The van der Waals surface area contributed by atoms with Gasteiger partial charge >= 0.3 is 0 Å². The molecule has 170 valence electrons. The minimum Gasteiger partial charge on any atom is -0.368 e. The van der Waals surface area contributed by atoms with Crippen molar-refractivity contribution in [2.24, 2.45) is 0 Å². The van der Waals surface area contributed by atoms with Crippen molar-refractivity contribution in [1.82, 2.24) is 24.9 Å². The Morgan fingerprint density at radius 1 is 1.22 bits per heavy atom. The average molecular weight is 459 g/mol. The molecular formula is C20H26N8O3S. The summed E-state index contributed by atoms with van der Waals surface area (Å²) in [4.78, 5) is 24.7. The Morgan fingerprint density at radius 3 is 2.62 bits per heavy atom. The van der Waals surface area contributed by atoms with E-state index in [1.54, 1.807) is 31.4 Å². The van der Waals surface area contributed by atoms with Gasteiger partial charge in [-0.1, -0.05) is 6.92 Å². The first-order valence-corrected chi connectivity index (χ1v) is 11.7. The highest BCUT2D eigenvalue weighted by Crippen LogP contribution is 2.21. The summed E-state index contributed by atoms with van der Waals surface area (Å²) in [6, 6.07) is 7.08. The van der Waals surface area contributed by atoms with E-state index in [1.807, 2.05) is 19.1 Å². The lowest BCUT2D eigenvalue weighted by Gasteiger charge is -2.36. The number of carbonyl (C=O) groups excluding carboxylic acids is 1. The van der Waals surface area contributed by atoms with Gasteiger partial charge in [-0.2, -0.15) is 18.4 Å². The van der Waals surface area contributed by atoms with Gasteiger partial charge in [0, 0.05) is 45.5 Å². The summed E-state index contributed by atoms with van der Waals surface area (Å²) in [6.07, 6.45) is 3.20. The number of carbonyl (C=O) groups is 1. The number of pyridine rings is 2. The molecule has 3 heterocycles. The van der Waals surface area contributed by atoms with Gasteiger partial charge in [0.2, 0.25) is 0 Å². The van der Waals surface area contributed by atoms with E-state index in [0.29, 0.717) is 13.1 Å². The molecule has 1 amide bonds. The summed E-state index contributed by atoms with van der Waals surface area (Å²) in [5.41, 5.74) is 2.87. The molecule has 1 saturated heterocycles. The number of rotatable bonds is 8. The van der Waals surface area contributed by atoms with E-state index >= 15 is 0 Å². The standard InChI is InChI=1S/C20H26N8O3S/c1-3-24-32(30,31)26-19-12-16(6-7-22-19)13-27-8-10-28(11-9-27)18-5-4-17(25-15(18)2)20(29)23-14-21/h4-7,12,24H,3,8-11,13H2,1-2H3,(H,22,26)(H,23,29). The molecule has 0 unspecified atom stereocenters. The van der Waals surface area contributed by atoms with Gasteiger partial charge < -0.3 is 4.90 Å². The van der Waals surface area contributed by atoms with E-state index in [0.717, 1.165) is 43.1 Å². The molecule has 0 atom stereocenters. The average Bonchev–Trinajstić information content (AvgIpc) is 2.74. The van der Waals surface area contributed by atoms with E-state index < -0.39 is 16.1 Å². The summed E-state index contributed by atoms with van der Waals surface area (Å²) in [5.74, 6) is -0.235. The monoisotopic (exact) mass is 458 g/mol. The molecule has 0 aromatic carbocycles. The van der Waals surface area contributed by atoms with Crippen LogP contribution in [0.15, 0.2) is 30.5 Å². The van der Waals surface area contributed by atoms with E-state index in [1.165, 1.54) is 0 Å². The van der Waals surface area contributed by atoms with Crippen molar-refractivity contribution in [3.8, 4) is 6.19 Å². The summed E-state index contributed by atoms with van der Waals surface area (Å²) < 4.78 is 28.5. The fourth-order valence-electron chi connectivity index (χ4n) is 3.53. The molecule has 1 aliphatic heterocycles. The van der Waals surface area contributed by atoms with Crippen molar-refractivity contribution >= 4 is 27.6 Å². The van der Waals surface area contributed by atoms with Gasteiger partial charge in [0.15, 0.2) is 6.19 Å². The number of aromatic nitrogens is 2. The Bertz CT molecular complexity index is 1110. The van der Waals surface area contributed by atoms with Crippen molar-refractivity contribution in [3.63, 3.8) is 0 Å². The predicted molar refractivity (Wildman–Crippen MR) is 120 cm³/mol. The van der Waals surface area contributed by atoms with Crippen LogP contribution in [-0.2, 0) is 16.8 Å². The van der Waals surface area contributed by atoms with Gasteiger partial charge in [-0.25, -0.2) is 9.97 Å². The molecule has 11 nitrogen and oxygen atoms in total. The number of nitrogens with zero attached hydrogens (tertiary/aromatic N) is 5. The second-order valence-electron chi connectivity index (χ2n) is 7.28. The molecule has 1 fully saturated rings. The summed E-state index contributed by atoms with van der Waals surface area (Å²) >= 11 is 0. The van der Waals surface area contributed by atoms with Crippen LogP contribution in [0.5, 0.6) is 0 Å². The zero-order valence-corrected chi connectivity index (χ0v) is 18.8. The summed E-state index contributed by atoms with van der Waals surface area (Å²) in [5, 5.41) is 10.7. The van der Waals surface area contributed by atoms with Gasteiger partial charge in [-0.05, 0) is 36.8 Å². The Balaban J connectivity index is 1.58. The van der Waals surface area contributed by atoms with Crippen molar-refractivity contribution in [1.29, 1.82) is 5.26 Å². The SMILES string of the molecule is CCNS(=O)(=O)Nc1cc(CN2CCN(c3ccc(C(=O)NC#N)nc3C)CC2)ccn1. The van der Waals surface area contributed by atoms with Crippen molar-refractivity contribution in [3.05, 3.63) is 47.4 Å². The van der Waals surface area contributed by atoms with Crippen LogP contribution < -0.4 is 19.7 Å². The molecule has 32 heavy (non-hydrogen) atoms. The zero-order valence-electron chi connectivity index (χ0n) is 18.0. The molecule has 0 bridgehead atoms. The molecule has 1 aliphatic rings. The van der Waals surface area contributed by atoms with E-state index in [2.05, 4.69) is 34.5 Å². The fourth-order valence-corrected chi connectivity index (χ4v) is 4.37. The topological polar surface area (TPSA) is 143 Å². The number of amides is 1. The predicted octanol–water partition coefficient (Wildman–Crippen LogP) is 0.584. The van der Waals surface area contributed by atoms with Crippen molar-refractivity contribution in [2.45, 2.75) is 20.4 Å². The maximum absolute atomic E-state index is 11.9. The van der Waals surface area contributed by atoms with Crippen molar-refractivity contribution in [2.75, 3.05) is 42.3 Å². The largest absolute Gasteiger partial charge is 0.368 e. The summed E-state index contributed by atoms with van der Waals surface area (Å²) in [7, 11) is -3.62. The highest BCUT2D eigenvalue weighted by Gasteiger charge is 2.20. The second-order valence-corrected chi connectivity index (χ2v) is 8.78. The van der Waals surface area contributed by atoms with Crippen molar-refractivity contribution < 1.29 is 13.2 Å². The molecule has 12 heteroatoms. The third kappa shape index (κ3) is 6.13. The number of hydrogen-bond acceptors (Lipinski definition) is 8. The molecule has 2 aromatic heterocycles. The number of piperazine rings is 1. The van der Waals surface area contributed by atoms with Gasteiger partial charge in [-0.15, -0.1) is 0 Å². The molecular weight excluding hydrogens is 432 g/mol. The maximum Gasteiger partial charge on any atom is 0.300 e. The lowest BCUT2D eigenvalue weighted by atomic mass is 10.2. The highest BCUT2D eigenvalue weighted by atomic mass is 32.2. The molecule has 2 aromatic rings. The Hall–Kier alpha value is -3.27. The first-order valence-electron chi connectivity index (χ1n) is 10.2. The number of nitrogens with one attached hydrogen (secondary N) is 3. The van der Waals surface area contributed by atoms with E-state index in [4.69, 9.17) is 5.26 Å². The minimum atomic E-state index is -3.62. The van der Waals surface area contributed by atoms with Crippen LogP contribution in [0.4, 0.5) is 11.5 Å². The van der Waals surface area contributed by atoms with Crippen LogP contribution in [0, 0.1) is 18.4 Å². The first-order chi connectivity index (χ1) is 15.3. The highest BCUT2D eigenvalue weighted by molar-refractivity contribution is 7.90. The fraction of sp³-hybridized carbons (Fsp3) is 0.400. The summed E-state index contributed by atoms with van der Waals surface area (Å²) in [6.45, 7) is 7.74. The van der Waals surface area contributed by atoms with Crippen LogP contribution in [0.3, 0.4) is 0 Å². The number of hydrogen-bond donors (Lipinski definition) is 3. The lowest BCUT2D eigenvalue weighted by molar-refractivity contribution is 0.0968.